The number of hydrogen-bond donors (Lipinski definition) is 4. The van der Waals surface area contributed by atoms with Crippen LogP contribution in [0.4, 0.5) is 13.2 Å². The zero-order valence-corrected chi connectivity index (χ0v) is 20.6. The van der Waals surface area contributed by atoms with Crippen molar-refractivity contribution in [1.82, 2.24) is 15.2 Å². The number of carbonyl (C=O) groups excluding carboxylic acids is 2. The molecule has 3 rings (SSSR count). The second-order valence-electron chi connectivity index (χ2n) is 7.90. The number of alkyl halides is 3. The van der Waals surface area contributed by atoms with E-state index in [9.17, 15) is 37.5 Å². The van der Waals surface area contributed by atoms with E-state index in [1.54, 1.807) is 6.07 Å². The summed E-state index contributed by atoms with van der Waals surface area (Å²) in [4.78, 5) is 49.3. The minimum absolute atomic E-state index is 0.0895. The third-order valence-corrected chi connectivity index (χ3v) is 5.93. The van der Waals surface area contributed by atoms with E-state index in [0.29, 0.717) is 5.56 Å². The summed E-state index contributed by atoms with van der Waals surface area (Å²) in [6.07, 6.45) is -3.64. The van der Waals surface area contributed by atoms with Gasteiger partial charge in [-0.25, -0.2) is 0 Å². The first-order valence-corrected chi connectivity index (χ1v) is 11.4. The number of carbonyl (C=O) groups is 3. The van der Waals surface area contributed by atoms with Crippen molar-refractivity contribution in [2.75, 3.05) is 6.54 Å². The van der Waals surface area contributed by atoms with Gasteiger partial charge in [0.1, 0.15) is 17.9 Å². The number of aromatic hydroxyl groups is 1. The van der Waals surface area contributed by atoms with Crippen LogP contribution in [-0.2, 0) is 24.1 Å². The van der Waals surface area contributed by atoms with E-state index in [2.05, 4.69) is 5.32 Å². The van der Waals surface area contributed by atoms with Crippen LogP contribution in [0, 0.1) is 0 Å². The number of hydrogen-bond acceptors (Lipinski definition) is 5. The summed E-state index contributed by atoms with van der Waals surface area (Å²) < 4.78 is 39.5. The average molecular weight is 572 g/mol. The van der Waals surface area contributed by atoms with Crippen LogP contribution in [0.15, 0.2) is 53.5 Å². The molecule has 0 atom stereocenters. The van der Waals surface area contributed by atoms with Crippen molar-refractivity contribution in [3.8, 4) is 5.75 Å². The maximum Gasteiger partial charge on any atom is 0.416 e. The number of nitrogens with one attached hydrogen (secondary N) is 2. The number of pyridine rings is 1. The number of nitrogens with zero attached hydrogens (tertiary/aromatic N) is 1. The Morgan fingerprint density at radius 1 is 0.921 bits per heavy atom. The Bertz CT molecular complexity index is 1460. The minimum Gasteiger partial charge on any atom is -0.506 e. The molecule has 0 fully saturated rings. The van der Waals surface area contributed by atoms with Crippen LogP contribution in [0.5, 0.6) is 5.75 Å². The van der Waals surface area contributed by atoms with Crippen LogP contribution < -0.4 is 16.2 Å². The zero-order valence-electron chi connectivity index (χ0n) is 19.1. The van der Waals surface area contributed by atoms with Gasteiger partial charge in [0.05, 0.1) is 27.7 Å². The second kappa shape index (κ2) is 11.6. The molecule has 0 saturated heterocycles. The Kier molecular flexibility index (Phi) is 8.69. The van der Waals surface area contributed by atoms with E-state index in [1.165, 1.54) is 12.1 Å². The lowest BCUT2D eigenvalue weighted by atomic mass is 10.1. The van der Waals surface area contributed by atoms with E-state index in [4.69, 9.17) is 28.3 Å². The van der Waals surface area contributed by atoms with Crippen LogP contribution in [-0.4, -0.2) is 39.1 Å². The number of carboxylic acid groups (broad SMARTS) is 1. The lowest BCUT2D eigenvalue weighted by Gasteiger charge is -2.15. The highest BCUT2D eigenvalue weighted by Gasteiger charge is 2.30. The summed E-state index contributed by atoms with van der Waals surface area (Å²) in [6.45, 7) is -1.35. The average Bonchev–Trinajstić information content (AvgIpc) is 2.84. The van der Waals surface area contributed by atoms with Gasteiger partial charge in [-0.05, 0) is 35.4 Å². The van der Waals surface area contributed by atoms with Crippen LogP contribution in [0.2, 0.25) is 10.0 Å². The molecule has 0 saturated carbocycles. The Hall–Kier alpha value is -4.03. The molecule has 4 N–H and O–H groups in total. The third-order valence-electron chi connectivity index (χ3n) is 5.19. The quantitative estimate of drug-likeness (QED) is 0.325. The highest BCUT2D eigenvalue weighted by Crippen LogP contribution is 2.29. The Balaban J connectivity index is 1.98. The summed E-state index contributed by atoms with van der Waals surface area (Å²) in [5.74, 6) is -4.62. The Morgan fingerprint density at radius 3 is 2.13 bits per heavy atom. The molecule has 1 heterocycles. The first kappa shape index (κ1) is 28.5. The van der Waals surface area contributed by atoms with Crippen molar-refractivity contribution < 1.29 is 37.8 Å². The molecule has 0 aliphatic carbocycles. The number of benzene rings is 2. The smallest absolute Gasteiger partial charge is 0.416 e. The summed E-state index contributed by atoms with van der Waals surface area (Å²) in [6, 6.07) is 8.37. The number of amides is 2. The number of carboxylic acids is 1. The minimum atomic E-state index is -4.58. The van der Waals surface area contributed by atoms with Gasteiger partial charge in [0, 0.05) is 12.7 Å². The number of aliphatic carboxylic acids is 1. The fraction of sp³-hybridized carbons (Fsp3) is 0.167. The lowest BCUT2D eigenvalue weighted by molar-refractivity contribution is -0.138. The van der Waals surface area contributed by atoms with Crippen molar-refractivity contribution in [3.05, 3.63) is 96.9 Å². The molecule has 3 aromatic rings. The first-order chi connectivity index (χ1) is 17.8. The fourth-order valence-electron chi connectivity index (χ4n) is 3.31. The van der Waals surface area contributed by atoms with Crippen LogP contribution >= 0.6 is 23.2 Å². The van der Waals surface area contributed by atoms with Crippen LogP contribution in [0.1, 0.15) is 37.4 Å². The predicted molar refractivity (Wildman–Crippen MR) is 131 cm³/mol. The molecular formula is C24H18Cl2F3N3O6. The maximum absolute atomic E-state index is 13.0. The van der Waals surface area contributed by atoms with E-state index in [1.807, 2.05) is 5.32 Å². The third kappa shape index (κ3) is 6.84. The van der Waals surface area contributed by atoms with E-state index < -0.39 is 58.5 Å². The molecule has 14 heteroatoms. The molecule has 0 spiro atoms. The van der Waals surface area contributed by atoms with Crippen LogP contribution in [0.25, 0.3) is 0 Å². The highest BCUT2D eigenvalue weighted by molar-refractivity contribution is 6.42. The lowest BCUT2D eigenvalue weighted by Crippen LogP contribution is -2.37. The topological polar surface area (TPSA) is 138 Å². The molecule has 2 amide bonds. The first-order valence-electron chi connectivity index (χ1n) is 10.6. The Labute approximate surface area is 222 Å². The van der Waals surface area contributed by atoms with Gasteiger partial charge in [0.15, 0.2) is 0 Å². The van der Waals surface area contributed by atoms with Gasteiger partial charge >= 0.3 is 12.1 Å². The number of aromatic nitrogens is 1. The van der Waals surface area contributed by atoms with Crippen molar-refractivity contribution >= 4 is 41.0 Å². The molecule has 0 radical (unpaired) electrons. The monoisotopic (exact) mass is 571 g/mol. The van der Waals surface area contributed by atoms with Gasteiger partial charge in [-0.1, -0.05) is 41.4 Å². The maximum atomic E-state index is 13.0. The Morgan fingerprint density at radius 2 is 1.55 bits per heavy atom. The molecular weight excluding hydrogens is 554 g/mol. The van der Waals surface area contributed by atoms with Crippen molar-refractivity contribution in [2.24, 2.45) is 0 Å². The fourth-order valence-corrected chi connectivity index (χ4v) is 3.63. The molecule has 1 aromatic heterocycles. The van der Waals surface area contributed by atoms with Crippen molar-refractivity contribution in [3.63, 3.8) is 0 Å². The van der Waals surface area contributed by atoms with Crippen molar-refractivity contribution in [2.45, 2.75) is 19.3 Å². The van der Waals surface area contributed by atoms with E-state index in [0.717, 1.165) is 35.0 Å². The molecule has 0 bridgehead atoms. The SMILES string of the molecule is O=C(O)CNC(=O)c1c(O)c(C(=O)NCc2ccc(Cl)c(Cl)c2)cn(Cc2ccc(C(F)(F)F)cc2)c1=O. The number of halogens is 5. The molecule has 2 aromatic carbocycles. The van der Waals surface area contributed by atoms with E-state index >= 15 is 0 Å². The van der Waals surface area contributed by atoms with Gasteiger partial charge in [-0.3, -0.25) is 19.2 Å². The van der Waals surface area contributed by atoms with Gasteiger partial charge in [-0.2, -0.15) is 13.2 Å². The van der Waals surface area contributed by atoms with Gasteiger partial charge in [0.2, 0.25) is 0 Å². The zero-order chi connectivity index (χ0) is 28.2. The summed E-state index contributed by atoms with van der Waals surface area (Å²) >= 11 is 11.8. The van der Waals surface area contributed by atoms with Gasteiger partial charge in [0.25, 0.3) is 17.4 Å². The molecule has 9 nitrogen and oxygen atoms in total. The van der Waals surface area contributed by atoms with Gasteiger partial charge in [-0.15, -0.1) is 0 Å². The summed E-state index contributed by atoms with van der Waals surface area (Å²) in [5, 5.41) is 24.4. The highest BCUT2D eigenvalue weighted by atomic mass is 35.5. The van der Waals surface area contributed by atoms with Gasteiger partial charge < -0.3 is 25.4 Å². The molecule has 0 aliphatic heterocycles. The standard InChI is InChI=1S/C24H18Cl2F3N3O6/c25-16-6-3-13(7-17(16)26)8-30-21(36)15-11-32(10-12-1-4-14(5-2-12)24(27,28)29)23(38)19(20(15)35)22(37)31-9-18(33)34/h1-7,11,35H,8-10H2,(H,30,36)(H,31,37)(H,33,34). The molecule has 0 aliphatic rings. The van der Waals surface area contributed by atoms with E-state index in [-0.39, 0.29) is 28.7 Å². The second-order valence-corrected chi connectivity index (χ2v) is 8.72. The molecule has 200 valence electrons. The summed E-state index contributed by atoms with van der Waals surface area (Å²) in [7, 11) is 0. The van der Waals surface area contributed by atoms with Crippen LogP contribution in [0.3, 0.4) is 0 Å². The normalized spacial score (nSPS) is 11.2. The summed E-state index contributed by atoms with van der Waals surface area (Å²) in [5.41, 5.74) is -2.71. The largest absolute Gasteiger partial charge is 0.506 e. The predicted octanol–water partition coefficient (Wildman–Crippen LogP) is 3.67. The molecule has 0 unspecified atom stereocenters. The molecule has 38 heavy (non-hydrogen) atoms. The number of rotatable bonds is 8. The van der Waals surface area contributed by atoms with Crippen molar-refractivity contribution in [1.29, 1.82) is 0 Å².